The standard InChI is InChI=1S/C14H23NO3/c16-13(9-10-5-2-1-3-6-10)15-12-8-4-7-11(12)14(17)18/h10-12H,1-9H2,(H,15,16)(H,17,18)/t11-,12+/m1/s1. The summed E-state index contributed by atoms with van der Waals surface area (Å²) in [5, 5.41) is 12.0. The molecule has 2 rings (SSSR count). The molecule has 2 atom stereocenters. The normalized spacial score (nSPS) is 29.1. The average molecular weight is 253 g/mol. The van der Waals surface area contributed by atoms with Crippen LogP contribution in [-0.4, -0.2) is 23.0 Å². The van der Waals surface area contributed by atoms with Crippen molar-refractivity contribution in [2.24, 2.45) is 11.8 Å². The summed E-state index contributed by atoms with van der Waals surface area (Å²) >= 11 is 0. The van der Waals surface area contributed by atoms with E-state index in [2.05, 4.69) is 5.32 Å². The Bertz CT molecular complexity index is 310. The molecule has 4 heteroatoms. The first-order valence-corrected chi connectivity index (χ1v) is 7.19. The van der Waals surface area contributed by atoms with Gasteiger partial charge in [0.15, 0.2) is 0 Å². The van der Waals surface area contributed by atoms with Gasteiger partial charge in [-0.2, -0.15) is 0 Å². The lowest BCUT2D eigenvalue weighted by atomic mass is 9.86. The third kappa shape index (κ3) is 3.47. The molecule has 0 aromatic rings. The van der Waals surface area contributed by atoms with E-state index in [9.17, 15) is 9.59 Å². The largest absolute Gasteiger partial charge is 0.481 e. The highest BCUT2D eigenvalue weighted by molar-refractivity contribution is 5.78. The summed E-state index contributed by atoms with van der Waals surface area (Å²) in [5.74, 6) is -0.570. The second kappa shape index (κ2) is 6.21. The summed E-state index contributed by atoms with van der Waals surface area (Å²) in [5.41, 5.74) is 0. The molecule has 4 nitrogen and oxygen atoms in total. The molecule has 0 unspecified atom stereocenters. The first-order valence-electron chi connectivity index (χ1n) is 7.19. The lowest BCUT2D eigenvalue weighted by Crippen LogP contribution is -2.40. The summed E-state index contributed by atoms with van der Waals surface area (Å²) in [6.07, 6.45) is 9.08. The smallest absolute Gasteiger partial charge is 0.308 e. The van der Waals surface area contributed by atoms with Gasteiger partial charge < -0.3 is 10.4 Å². The Morgan fingerprint density at radius 3 is 2.39 bits per heavy atom. The second-order valence-electron chi connectivity index (χ2n) is 5.76. The van der Waals surface area contributed by atoms with Gasteiger partial charge in [-0.1, -0.05) is 25.7 Å². The van der Waals surface area contributed by atoms with E-state index in [1.807, 2.05) is 0 Å². The molecule has 0 radical (unpaired) electrons. The Balaban J connectivity index is 1.77. The van der Waals surface area contributed by atoms with E-state index in [1.165, 1.54) is 19.3 Å². The van der Waals surface area contributed by atoms with Crippen molar-refractivity contribution in [1.82, 2.24) is 5.32 Å². The fraction of sp³-hybridized carbons (Fsp3) is 0.857. The molecule has 0 heterocycles. The highest BCUT2D eigenvalue weighted by atomic mass is 16.4. The molecule has 0 aromatic carbocycles. The van der Waals surface area contributed by atoms with Crippen LogP contribution in [0.3, 0.4) is 0 Å². The zero-order chi connectivity index (χ0) is 13.0. The van der Waals surface area contributed by atoms with Gasteiger partial charge in [-0.05, 0) is 31.6 Å². The number of carbonyl (C=O) groups is 2. The van der Waals surface area contributed by atoms with Crippen molar-refractivity contribution in [3.05, 3.63) is 0 Å². The van der Waals surface area contributed by atoms with Crippen LogP contribution in [0.25, 0.3) is 0 Å². The number of hydrogen-bond donors (Lipinski definition) is 2. The van der Waals surface area contributed by atoms with E-state index in [0.29, 0.717) is 18.8 Å². The number of nitrogens with one attached hydrogen (secondary N) is 1. The Kier molecular flexibility index (Phi) is 4.61. The molecular formula is C14H23NO3. The summed E-state index contributed by atoms with van der Waals surface area (Å²) in [7, 11) is 0. The maximum absolute atomic E-state index is 11.9. The Morgan fingerprint density at radius 2 is 1.72 bits per heavy atom. The molecule has 1 amide bonds. The molecule has 0 spiro atoms. The Labute approximate surface area is 108 Å². The van der Waals surface area contributed by atoms with Gasteiger partial charge in [0.2, 0.25) is 5.91 Å². The monoisotopic (exact) mass is 253 g/mol. The summed E-state index contributed by atoms with van der Waals surface area (Å²) in [6, 6.07) is -0.140. The van der Waals surface area contributed by atoms with Gasteiger partial charge in [-0.25, -0.2) is 0 Å². The highest BCUT2D eigenvalue weighted by Gasteiger charge is 2.34. The fourth-order valence-electron chi connectivity index (χ4n) is 3.35. The van der Waals surface area contributed by atoms with E-state index in [1.54, 1.807) is 0 Å². The Hall–Kier alpha value is -1.06. The van der Waals surface area contributed by atoms with Crippen LogP contribution < -0.4 is 5.32 Å². The van der Waals surface area contributed by atoms with Crippen molar-refractivity contribution in [2.45, 2.75) is 63.8 Å². The summed E-state index contributed by atoms with van der Waals surface area (Å²) in [4.78, 5) is 23.0. The van der Waals surface area contributed by atoms with Gasteiger partial charge >= 0.3 is 5.97 Å². The number of amides is 1. The zero-order valence-corrected chi connectivity index (χ0v) is 10.9. The molecule has 2 fully saturated rings. The van der Waals surface area contributed by atoms with Crippen LogP contribution in [0.4, 0.5) is 0 Å². The van der Waals surface area contributed by atoms with E-state index in [0.717, 1.165) is 25.7 Å². The topological polar surface area (TPSA) is 66.4 Å². The molecule has 18 heavy (non-hydrogen) atoms. The van der Waals surface area contributed by atoms with Crippen molar-refractivity contribution < 1.29 is 14.7 Å². The van der Waals surface area contributed by atoms with Gasteiger partial charge in [0.1, 0.15) is 0 Å². The van der Waals surface area contributed by atoms with Gasteiger partial charge in [0.25, 0.3) is 0 Å². The molecule has 102 valence electrons. The quantitative estimate of drug-likeness (QED) is 0.808. The third-order valence-electron chi connectivity index (χ3n) is 4.38. The predicted molar refractivity (Wildman–Crippen MR) is 68.1 cm³/mol. The predicted octanol–water partition coefficient (Wildman–Crippen LogP) is 2.33. The van der Waals surface area contributed by atoms with Crippen LogP contribution >= 0.6 is 0 Å². The first kappa shape index (κ1) is 13.4. The van der Waals surface area contributed by atoms with Crippen molar-refractivity contribution >= 4 is 11.9 Å². The molecule has 0 aromatic heterocycles. The number of carbonyl (C=O) groups excluding carboxylic acids is 1. The van der Waals surface area contributed by atoms with Crippen molar-refractivity contribution in [2.75, 3.05) is 0 Å². The number of hydrogen-bond acceptors (Lipinski definition) is 2. The zero-order valence-electron chi connectivity index (χ0n) is 10.9. The molecule has 2 aliphatic rings. The minimum atomic E-state index is -0.768. The highest BCUT2D eigenvalue weighted by Crippen LogP contribution is 2.28. The van der Waals surface area contributed by atoms with Crippen LogP contribution in [0.2, 0.25) is 0 Å². The second-order valence-corrected chi connectivity index (χ2v) is 5.76. The van der Waals surface area contributed by atoms with Crippen LogP contribution in [-0.2, 0) is 9.59 Å². The van der Waals surface area contributed by atoms with E-state index < -0.39 is 5.97 Å². The maximum Gasteiger partial charge on any atom is 0.308 e. The van der Waals surface area contributed by atoms with Crippen LogP contribution in [0.15, 0.2) is 0 Å². The number of rotatable bonds is 4. The van der Waals surface area contributed by atoms with Gasteiger partial charge in [0.05, 0.1) is 5.92 Å². The lowest BCUT2D eigenvalue weighted by Gasteiger charge is -2.23. The average Bonchev–Trinajstić information content (AvgIpc) is 2.78. The lowest BCUT2D eigenvalue weighted by molar-refractivity contribution is -0.142. The van der Waals surface area contributed by atoms with Crippen LogP contribution in [0.5, 0.6) is 0 Å². The maximum atomic E-state index is 11.9. The number of carboxylic acid groups (broad SMARTS) is 1. The molecule has 0 saturated heterocycles. The molecule has 2 saturated carbocycles. The van der Waals surface area contributed by atoms with Crippen molar-refractivity contribution in [1.29, 1.82) is 0 Å². The molecule has 0 aliphatic heterocycles. The van der Waals surface area contributed by atoms with E-state index in [4.69, 9.17) is 5.11 Å². The van der Waals surface area contributed by atoms with Gasteiger partial charge in [-0.15, -0.1) is 0 Å². The summed E-state index contributed by atoms with van der Waals surface area (Å²) in [6.45, 7) is 0. The molecule has 2 N–H and O–H groups in total. The molecular weight excluding hydrogens is 230 g/mol. The first-order chi connectivity index (χ1) is 8.66. The van der Waals surface area contributed by atoms with E-state index in [-0.39, 0.29) is 17.9 Å². The van der Waals surface area contributed by atoms with Crippen LogP contribution in [0, 0.1) is 11.8 Å². The number of aliphatic carboxylic acids is 1. The molecule has 2 aliphatic carbocycles. The molecule has 0 bridgehead atoms. The van der Waals surface area contributed by atoms with Gasteiger partial charge in [-0.3, -0.25) is 9.59 Å². The number of carboxylic acids is 1. The van der Waals surface area contributed by atoms with Crippen molar-refractivity contribution in [3.8, 4) is 0 Å². The minimum absolute atomic E-state index is 0.0556. The SMILES string of the molecule is O=C(CC1CCCCC1)N[C@H]1CCC[C@H]1C(=O)O. The Morgan fingerprint density at radius 1 is 1.00 bits per heavy atom. The van der Waals surface area contributed by atoms with E-state index >= 15 is 0 Å². The minimum Gasteiger partial charge on any atom is -0.481 e. The van der Waals surface area contributed by atoms with Gasteiger partial charge in [0, 0.05) is 12.5 Å². The summed E-state index contributed by atoms with van der Waals surface area (Å²) < 4.78 is 0. The van der Waals surface area contributed by atoms with Crippen LogP contribution in [0.1, 0.15) is 57.8 Å². The fourth-order valence-corrected chi connectivity index (χ4v) is 3.35. The van der Waals surface area contributed by atoms with Crippen molar-refractivity contribution in [3.63, 3.8) is 0 Å². The third-order valence-corrected chi connectivity index (χ3v) is 4.38.